The number of carbonyl (C=O) groups is 1. The van der Waals surface area contributed by atoms with Crippen LogP contribution in [0.1, 0.15) is 53.4 Å². The number of likely N-dealkylation sites (tertiary alicyclic amines) is 1. The highest BCUT2D eigenvalue weighted by molar-refractivity contribution is 5.75. The summed E-state index contributed by atoms with van der Waals surface area (Å²) in [4.78, 5) is 20.0. The lowest BCUT2D eigenvalue weighted by atomic mass is 9.95. The quantitative estimate of drug-likeness (QED) is 0.781. The van der Waals surface area contributed by atoms with Gasteiger partial charge in [0.25, 0.3) is 0 Å². The summed E-state index contributed by atoms with van der Waals surface area (Å²) < 4.78 is 6.04. The maximum Gasteiger partial charge on any atom is 0.330 e. The predicted octanol–water partition coefficient (Wildman–Crippen LogP) is 2.66. The maximum atomic E-state index is 12.0. The Balaban J connectivity index is 1.83. The first-order valence-electron chi connectivity index (χ1n) is 8.75. The van der Waals surface area contributed by atoms with Gasteiger partial charge in [0, 0.05) is 38.7 Å². The van der Waals surface area contributed by atoms with Crippen LogP contribution in [-0.2, 0) is 14.4 Å². The van der Waals surface area contributed by atoms with Gasteiger partial charge in [-0.3, -0.25) is 4.90 Å². The van der Waals surface area contributed by atoms with E-state index in [9.17, 15) is 4.79 Å². The van der Waals surface area contributed by atoms with Gasteiger partial charge in [-0.1, -0.05) is 0 Å². The first-order valence-corrected chi connectivity index (χ1v) is 8.75. The molecule has 5 nitrogen and oxygen atoms in total. The molecule has 0 radical (unpaired) electrons. The highest BCUT2D eigenvalue weighted by atomic mass is 16.7. The van der Waals surface area contributed by atoms with Crippen molar-refractivity contribution in [3.8, 4) is 0 Å². The molecule has 0 N–H and O–H groups in total. The molecule has 5 heteroatoms. The second kappa shape index (κ2) is 7.75. The number of hydroxylamine groups is 2. The van der Waals surface area contributed by atoms with E-state index < -0.39 is 5.41 Å². The molecule has 128 valence electrons. The van der Waals surface area contributed by atoms with Crippen LogP contribution in [-0.4, -0.2) is 54.9 Å². The van der Waals surface area contributed by atoms with Crippen LogP contribution in [0.25, 0.3) is 0 Å². The Morgan fingerprint density at radius 3 is 2.23 bits per heavy atom. The monoisotopic (exact) mass is 312 g/mol. The summed E-state index contributed by atoms with van der Waals surface area (Å²) >= 11 is 0. The van der Waals surface area contributed by atoms with Crippen molar-refractivity contribution in [1.82, 2.24) is 9.96 Å². The zero-order valence-electron chi connectivity index (χ0n) is 14.6. The van der Waals surface area contributed by atoms with Crippen molar-refractivity contribution in [2.75, 3.05) is 32.8 Å². The van der Waals surface area contributed by atoms with Crippen molar-refractivity contribution in [3.63, 3.8) is 0 Å². The summed E-state index contributed by atoms with van der Waals surface area (Å²) in [5.41, 5.74) is -0.444. The molecule has 0 aromatic carbocycles. The SMILES string of the molecule is CCOC(C1CCN(OC(=O)C(C)(C)C)CC1)N1CCCC1. The van der Waals surface area contributed by atoms with E-state index in [-0.39, 0.29) is 12.2 Å². The van der Waals surface area contributed by atoms with Gasteiger partial charge in [-0.05, 0) is 53.4 Å². The van der Waals surface area contributed by atoms with Gasteiger partial charge in [-0.2, -0.15) is 0 Å². The highest BCUT2D eigenvalue weighted by Gasteiger charge is 2.34. The molecule has 2 saturated heterocycles. The highest BCUT2D eigenvalue weighted by Crippen LogP contribution is 2.28. The molecule has 2 fully saturated rings. The van der Waals surface area contributed by atoms with E-state index >= 15 is 0 Å². The molecule has 0 bridgehead atoms. The maximum absolute atomic E-state index is 12.0. The minimum absolute atomic E-state index is 0.146. The number of ether oxygens (including phenoxy) is 1. The Labute approximate surface area is 134 Å². The van der Waals surface area contributed by atoms with Crippen LogP contribution < -0.4 is 0 Å². The normalized spacial score (nSPS) is 23.6. The molecule has 1 unspecified atom stereocenters. The smallest absolute Gasteiger partial charge is 0.330 e. The van der Waals surface area contributed by atoms with Gasteiger partial charge in [0.15, 0.2) is 0 Å². The van der Waals surface area contributed by atoms with Crippen LogP contribution in [0.3, 0.4) is 0 Å². The molecule has 0 aliphatic carbocycles. The van der Waals surface area contributed by atoms with Gasteiger partial charge in [-0.15, -0.1) is 5.06 Å². The largest absolute Gasteiger partial charge is 0.367 e. The van der Waals surface area contributed by atoms with E-state index in [1.165, 1.54) is 12.8 Å². The van der Waals surface area contributed by atoms with E-state index in [1.807, 2.05) is 25.8 Å². The summed E-state index contributed by atoms with van der Waals surface area (Å²) in [6, 6.07) is 0. The summed E-state index contributed by atoms with van der Waals surface area (Å²) in [7, 11) is 0. The summed E-state index contributed by atoms with van der Waals surface area (Å²) in [5.74, 6) is 0.398. The van der Waals surface area contributed by atoms with Crippen molar-refractivity contribution >= 4 is 5.97 Å². The van der Waals surface area contributed by atoms with Crippen LogP contribution >= 0.6 is 0 Å². The zero-order valence-corrected chi connectivity index (χ0v) is 14.6. The number of rotatable bonds is 5. The van der Waals surface area contributed by atoms with Gasteiger partial charge in [0.1, 0.15) is 6.23 Å². The van der Waals surface area contributed by atoms with E-state index in [2.05, 4.69) is 11.8 Å². The van der Waals surface area contributed by atoms with Gasteiger partial charge in [0.2, 0.25) is 0 Å². The third kappa shape index (κ3) is 4.67. The van der Waals surface area contributed by atoms with E-state index in [0.717, 1.165) is 45.6 Å². The number of hydrogen-bond acceptors (Lipinski definition) is 5. The second-order valence-electron chi connectivity index (χ2n) is 7.48. The molecule has 0 saturated carbocycles. The molecule has 2 aliphatic rings. The van der Waals surface area contributed by atoms with Crippen molar-refractivity contribution in [1.29, 1.82) is 0 Å². The van der Waals surface area contributed by atoms with E-state index in [4.69, 9.17) is 9.57 Å². The summed E-state index contributed by atoms with van der Waals surface area (Å²) in [5, 5.41) is 1.83. The number of hydrogen-bond donors (Lipinski definition) is 0. The Hall–Kier alpha value is -0.650. The lowest BCUT2D eigenvalue weighted by molar-refractivity contribution is -0.210. The van der Waals surface area contributed by atoms with Crippen molar-refractivity contribution in [2.24, 2.45) is 11.3 Å². The number of carbonyl (C=O) groups excluding carboxylic acids is 1. The van der Waals surface area contributed by atoms with Crippen LogP contribution in [0.4, 0.5) is 0 Å². The number of nitrogens with zero attached hydrogens (tertiary/aromatic N) is 2. The predicted molar refractivity (Wildman–Crippen MR) is 86.1 cm³/mol. The van der Waals surface area contributed by atoms with Crippen LogP contribution in [0.5, 0.6) is 0 Å². The average Bonchev–Trinajstić information content (AvgIpc) is 2.98. The van der Waals surface area contributed by atoms with Gasteiger partial charge in [0.05, 0.1) is 5.41 Å². The second-order valence-corrected chi connectivity index (χ2v) is 7.48. The molecular formula is C17H32N2O3. The Morgan fingerprint density at radius 2 is 1.73 bits per heavy atom. The van der Waals surface area contributed by atoms with Gasteiger partial charge in [-0.25, -0.2) is 4.79 Å². The van der Waals surface area contributed by atoms with Crippen molar-refractivity contribution in [3.05, 3.63) is 0 Å². The summed E-state index contributed by atoms with van der Waals surface area (Å²) in [6.45, 7) is 12.4. The van der Waals surface area contributed by atoms with Gasteiger partial charge < -0.3 is 9.57 Å². The molecule has 0 amide bonds. The lowest BCUT2D eigenvalue weighted by Crippen LogP contribution is -2.47. The Kier molecular flexibility index (Phi) is 6.24. The molecule has 2 heterocycles. The molecule has 1 atom stereocenters. The fraction of sp³-hybridized carbons (Fsp3) is 0.941. The Morgan fingerprint density at radius 1 is 1.14 bits per heavy atom. The van der Waals surface area contributed by atoms with Crippen molar-refractivity contribution in [2.45, 2.75) is 59.6 Å². The zero-order chi connectivity index (χ0) is 16.2. The average molecular weight is 312 g/mol. The molecular weight excluding hydrogens is 280 g/mol. The van der Waals surface area contributed by atoms with Gasteiger partial charge >= 0.3 is 5.97 Å². The molecule has 22 heavy (non-hydrogen) atoms. The minimum Gasteiger partial charge on any atom is -0.367 e. The number of piperidine rings is 1. The third-order valence-electron chi connectivity index (χ3n) is 4.56. The molecule has 2 aliphatic heterocycles. The van der Waals surface area contributed by atoms with Crippen LogP contribution in [0.2, 0.25) is 0 Å². The molecule has 2 rings (SSSR count). The van der Waals surface area contributed by atoms with Crippen molar-refractivity contribution < 1.29 is 14.4 Å². The summed E-state index contributed by atoms with van der Waals surface area (Å²) in [6.07, 6.45) is 4.86. The first-order chi connectivity index (χ1) is 10.4. The van der Waals surface area contributed by atoms with E-state index in [1.54, 1.807) is 0 Å². The van der Waals surface area contributed by atoms with Crippen LogP contribution in [0.15, 0.2) is 0 Å². The third-order valence-corrected chi connectivity index (χ3v) is 4.56. The van der Waals surface area contributed by atoms with E-state index in [0.29, 0.717) is 5.92 Å². The standard InChI is InChI=1S/C17H32N2O3/c1-5-21-15(18-10-6-7-11-18)14-8-12-19(13-9-14)22-16(20)17(2,3)4/h14-15H,5-13H2,1-4H3. The fourth-order valence-corrected chi connectivity index (χ4v) is 3.21. The molecule has 0 aromatic rings. The molecule has 0 aromatic heterocycles. The van der Waals surface area contributed by atoms with Crippen LogP contribution in [0, 0.1) is 11.3 Å². The lowest BCUT2D eigenvalue weighted by Gasteiger charge is -2.39. The molecule has 0 spiro atoms. The fourth-order valence-electron chi connectivity index (χ4n) is 3.21. The first kappa shape index (κ1) is 17.7. The topological polar surface area (TPSA) is 42.0 Å². The minimum atomic E-state index is -0.444. The Bertz CT molecular complexity index is 353.